The Morgan fingerprint density at radius 1 is 1.32 bits per heavy atom. The Bertz CT molecular complexity index is 631. The molecule has 0 amide bonds. The maximum Gasteiger partial charge on any atom is 0.434 e. The molecule has 0 unspecified atom stereocenters. The largest absolute Gasteiger partial charge is 0.434 e. The quantitative estimate of drug-likeness (QED) is 0.728. The number of hydrogen-bond acceptors (Lipinski definition) is 1. The van der Waals surface area contributed by atoms with Crippen LogP contribution in [0.5, 0.6) is 0 Å². The molecule has 2 aromatic rings. The van der Waals surface area contributed by atoms with Crippen LogP contribution in [-0.2, 0) is 25.0 Å². The highest BCUT2D eigenvalue weighted by Gasteiger charge is 2.35. The molecule has 19 heavy (non-hydrogen) atoms. The van der Waals surface area contributed by atoms with Gasteiger partial charge in [0.2, 0.25) is 0 Å². The van der Waals surface area contributed by atoms with Crippen LogP contribution in [0.25, 0.3) is 11.4 Å². The lowest BCUT2D eigenvalue weighted by Crippen LogP contribution is -2.10. The highest BCUT2D eigenvalue weighted by atomic mass is 35.5. The Labute approximate surface area is 112 Å². The van der Waals surface area contributed by atoms with Gasteiger partial charge in [0, 0.05) is 24.2 Å². The van der Waals surface area contributed by atoms with Crippen molar-refractivity contribution >= 4 is 11.6 Å². The number of halogens is 4. The first-order valence-corrected chi connectivity index (χ1v) is 6.35. The highest BCUT2D eigenvalue weighted by molar-refractivity contribution is 6.17. The van der Waals surface area contributed by atoms with Gasteiger partial charge < -0.3 is 4.57 Å². The van der Waals surface area contributed by atoms with Crippen LogP contribution < -0.4 is 0 Å². The molecule has 1 aliphatic heterocycles. The van der Waals surface area contributed by atoms with Gasteiger partial charge in [0.1, 0.15) is 5.82 Å². The number of hydrogen-bond donors (Lipinski definition) is 0. The first-order chi connectivity index (χ1) is 8.99. The standard InChI is InChI=1S/C13H10ClF3N2/c14-6-8-1-2-10-9(5-8)3-4-19-7-11(13(15,16)17)18-12(10)19/h1-2,5,7H,3-4,6H2. The van der Waals surface area contributed by atoms with Crippen molar-refractivity contribution in [2.75, 3.05) is 0 Å². The van der Waals surface area contributed by atoms with Gasteiger partial charge in [-0.25, -0.2) is 4.98 Å². The minimum Gasteiger partial charge on any atom is -0.330 e. The molecule has 0 N–H and O–H groups in total. The summed E-state index contributed by atoms with van der Waals surface area (Å²) in [6.07, 6.45) is -2.63. The van der Waals surface area contributed by atoms with Gasteiger partial charge >= 0.3 is 6.18 Å². The van der Waals surface area contributed by atoms with E-state index in [1.807, 2.05) is 12.1 Å². The second kappa shape index (κ2) is 4.27. The molecule has 6 heteroatoms. The van der Waals surface area contributed by atoms with E-state index in [1.54, 1.807) is 10.6 Å². The first-order valence-electron chi connectivity index (χ1n) is 5.81. The van der Waals surface area contributed by atoms with Gasteiger partial charge in [-0.3, -0.25) is 0 Å². The minimum atomic E-state index is -4.40. The fourth-order valence-corrected chi connectivity index (χ4v) is 2.50. The van der Waals surface area contributed by atoms with Crippen molar-refractivity contribution in [2.24, 2.45) is 0 Å². The van der Waals surface area contributed by atoms with Crippen LogP contribution in [0.4, 0.5) is 13.2 Å². The molecular formula is C13H10ClF3N2. The SMILES string of the molecule is FC(F)(F)c1cn2c(n1)-c1ccc(CCl)cc1CC2. The van der Waals surface area contributed by atoms with E-state index < -0.39 is 11.9 Å². The Balaban J connectivity index is 2.11. The van der Waals surface area contributed by atoms with E-state index in [1.165, 1.54) is 0 Å². The average molecular weight is 287 g/mol. The summed E-state index contributed by atoms with van der Waals surface area (Å²) in [5.74, 6) is 0.782. The highest BCUT2D eigenvalue weighted by Crippen LogP contribution is 2.34. The van der Waals surface area contributed by atoms with Gasteiger partial charge in [-0.05, 0) is 17.5 Å². The Morgan fingerprint density at radius 2 is 2.11 bits per heavy atom. The summed E-state index contributed by atoms with van der Waals surface area (Å²) in [6, 6.07) is 5.56. The Morgan fingerprint density at radius 3 is 2.79 bits per heavy atom. The van der Waals surface area contributed by atoms with E-state index in [-0.39, 0.29) is 0 Å². The van der Waals surface area contributed by atoms with Crippen molar-refractivity contribution in [1.82, 2.24) is 9.55 Å². The van der Waals surface area contributed by atoms with Crippen molar-refractivity contribution < 1.29 is 13.2 Å². The van der Waals surface area contributed by atoms with Crippen LogP contribution in [-0.4, -0.2) is 9.55 Å². The molecule has 0 atom stereocenters. The predicted molar refractivity (Wildman–Crippen MR) is 65.9 cm³/mol. The van der Waals surface area contributed by atoms with Crippen LogP contribution in [0.15, 0.2) is 24.4 Å². The molecule has 0 saturated heterocycles. The lowest BCUT2D eigenvalue weighted by Gasteiger charge is -2.18. The molecule has 2 nitrogen and oxygen atoms in total. The normalized spacial score (nSPS) is 14.1. The summed E-state index contributed by atoms with van der Waals surface area (Å²) in [5, 5.41) is 0. The molecule has 1 aliphatic rings. The van der Waals surface area contributed by atoms with Crippen molar-refractivity contribution in [2.45, 2.75) is 25.0 Å². The molecule has 0 bridgehead atoms. The molecule has 0 radical (unpaired) electrons. The van der Waals surface area contributed by atoms with Gasteiger partial charge in [-0.2, -0.15) is 13.2 Å². The van der Waals surface area contributed by atoms with E-state index in [4.69, 9.17) is 11.6 Å². The molecule has 1 aromatic carbocycles. The fourth-order valence-electron chi connectivity index (χ4n) is 2.33. The maximum absolute atomic E-state index is 12.7. The number of nitrogens with zero attached hydrogens (tertiary/aromatic N) is 2. The topological polar surface area (TPSA) is 17.8 Å². The van der Waals surface area contributed by atoms with E-state index in [2.05, 4.69) is 4.98 Å². The number of aromatic nitrogens is 2. The molecule has 100 valence electrons. The summed E-state index contributed by atoms with van der Waals surface area (Å²) < 4.78 is 39.6. The predicted octanol–water partition coefficient (Wildman–Crippen LogP) is 3.86. The Kier molecular flexibility index (Phi) is 2.82. The smallest absolute Gasteiger partial charge is 0.330 e. The summed E-state index contributed by atoms with van der Waals surface area (Å²) in [6.45, 7) is 0.511. The number of imidazole rings is 1. The summed E-state index contributed by atoms with van der Waals surface area (Å²) in [5.41, 5.74) is 1.90. The third-order valence-corrected chi connectivity index (χ3v) is 3.56. The summed E-state index contributed by atoms with van der Waals surface area (Å²) in [4.78, 5) is 3.72. The monoisotopic (exact) mass is 286 g/mol. The van der Waals surface area contributed by atoms with E-state index in [0.717, 1.165) is 22.9 Å². The van der Waals surface area contributed by atoms with Crippen LogP contribution in [0.1, 0.15) is 16.8 Å². The van der Waals surface area contributed by atoms with Gasteiger partial charge in [0.15, 0.2) is 5.69 Å². The van der Waals surface area contributed by atoms with Crippen LogP contribution >= 0.6 is 11.6 Å². The van der Waals surface area contributed by atoms with Crippen molar-refractivity contribution in [1.29, 1.82) is 0 Å². The van der Waals surface area contributed by atoms with E-state index >= 15 is 0 Å². The zero-order valence-corrected chi connectivity index (χ0v) is 10.6. The molecule has 0 saturated carbocycles. The molecule has 1 aromatic heterocycles. The fraction of sp³-hybridized carbons (Fsp3) is 0.308. The first kappa shape index (κ1) is 12.5. The molecule has 0 spiro atoms. The van der Waals surface area contributed by atoms with E-state index in [9.17, 15) is 13.2 Å². The van der Waals surface area contributed by atoms with Crippen molar-refractivity contribution in [3.63, 3.8) is 0 Å². The lowest BCUT2D eigenvalue weighted by molar-refractivity contribution is -0.140. The average Bonchev–Trinajstić information content (AvgIpc) is 2.82. The molecule has 0 aliphatic carbocycles. The molecule has 2 heterocycles. The summed E-state index contributed by atoms with van der Waals surface area (Å²) in [7, 11) is 0. The molecule has 3 rings (SSSR count). The van der Waals surface area contributed by atoms with Gasteiger partial charge in [0.25, 0.3) is 0 Å². The molecular weight excluding hydrogens is 277 g/mol. The minimum absolute atomic E-state index is 0.384. The zero-order chi connectivity index (χ0) is 13.6. The number of fused-ring (bicyclic) bond motifs is 3. The third-order valence-electron chi connectivity index (χ3n) is 3.25. The van der Waals surface area contributed by atoms with Crippen LogP contribution in [0.2, 0.25) is 0 Å². The second-order valence-corrected chi connectivity index (χ2v) is 4.78. The number of rotatable bonds is 1. The van der Waals surface area contributed by atoms with Crippen molar-refractivity contribution in [3.05, 3.63) is 41.2 Å². The number of benzene rings is 1. The van der Waals surface area contributed by atoms with E-state index in [0.29, 0.717) is 24.7 Å². The summed E-state index contributed by atoms with van der Waals surface area (Å²) >= 11 is 5.76. The van der Waals surface area contributed by atoms with Crippen LogP contribution in [0.3, 0.4) is 0 Å². The van der Waals surface area contributed by atoms with Crippen LogP contribution in [0, 0.1) is 0 Å². The Hall–Kier alpha value is -1.49. The second-order valence-electron chi connectivity index (χ2n) is 4.52. The lowest BCUT2D eigenvalue weighted by atomic mass is 9.98. The van der Waals surface area contributed by atoms with Gasteiger partial charge in [-0.1, -0.05) is 18.2 Å². The maximum atomic E-state index is 12.7. The number of alkyl halides is 4. The van der Waals surface area contributed by atoms with Gasteiger partial charge in [-0.15, -0.1) is 11.6 Å². The van der Waals surface area contributed by atoms with Crippen molar-refractivity contribution in [3.8, 4) is 11.4 Å². The van der Waals surface area contributed by atoms with Gasteiger partial charge in [0.05, 0.1) is 0 Å². The number of aryl methyl sites for hydroxylation is 2. The third kappa shape index (κ3) is 2.12. The molecule has 0 fully saturated rings. The zero-order valence-electron chi connectivity index (χ0n) is 9.84.